The minimum Gasteiger partial charge on any atom is -0.298 e. The van der Waals surface area contributed by atoms with Gasteiger partial charge >= 0.3 is 0 Å². The van der Waals surface area contributed by atoms with Crippen molar-refractivity contribution < 1.29 is 4.79 Å². The molecule has 3 nitrogen and oxygen atoms in total. The number of thiazole rings is 1. The SMILES string of the molecule is CCC1CCc2c(C(=O)Nc3ncc(Cc4cc(Cl)cc(Cl)c4)s3)csc2C1. The van der Waals surface area contributed by atoms with Gasteiger partial charge in [-0.1, -0.05) is 36.5 Å². The van der Waals surface area contributed by atoms with Crippen molar-refractivity contribution in [2.24, 2.45) is 5.92 Å². The molecule has 1 N–H and O–H groups in total. The predicted octanol–water partition coefficient (Wildman–Crippen LogP) is 6.87. The van der Waals surface area contributed by atoms with Gasteiger partial charge in [-0.2, -0.15) is 0 Å². The van der Waals surface area contributed by atoms with Crippen LogP contribution in [0.2, 0.25) is 10.0 Å². The number of nitrogens with one attached hydrogen (secondary N) is 1. The molecule has 1 unspecified atom stereocenters. The number of amides is 1. The molecule has 1 amide bonds. The lowest BCUT2D eigenvalue weighted by molar-refractivity contribution is 0.102. The van der Waals surface area contributed by atoms with Gasteiger partial charge in [-0.25, -0.2) is 4.98 Å². The van der Waals surface area contributed by atoms with E-state index in [-0.39, 0.29) is 5.91 Å². The Balaban J connectivity index is 1.44. The number of rotatable bonds is 5. The Bertz CT molecular complexity index is 992. The molecular formula is C21H20Cl2N2OS2. The van der Waals surface area contributed by atoms with Crippen LogP contribution in [0.25, 0.3) is 0 Å². The van der Waals surface area contributed by atoms with Crippen LogP contribution in [0.3, 0.4) is 0 Å². The zero-order chi connectivity index (χ0) is 19.7. The normalized spacial score (nSPS) is 16.0. The standard InChI is InChI=1S/C21H20Cl2N2OS2/c1-2-12-3-4-17-18(11-27-19(17)8-12)20(26)25-21-24-10-16(28-21)7-13-5-14(22)9-15(23)6-13/h5-6,9-12H,2-4,7-8H2,1H3,(H,24,25,26). The van der Waals surface area contributed by atoms with E-state index in [1.54, 1.807) is 23.6 Å². The number of fused-ring (bicyclic) bond motifs is 1. The minimum atomic E-state index is -0.0563. The van der Waals surface area contributed by atoms with Crippen LogP contribution < -0.4 is 5.32 Å². The molecule has 7 heteroatoms. The number of anilines is 1. The summed E-state index contributed by atoms with van der Waals surface area (Å²) in [4.78, 5) is 19.6. The van der Waals surface area contributed by atoms with E-state index in [0.717, 1.165) is 34.8 Å². The number of thiophene rings is 1. The Morgan fingerprint density at radius 3 is 2.82 bits per heavy atom. The minimum absolute atomic E-state index is 0.0563. The molecule has 3 aromatic rings. The quantitative estimate of drug-likeness (QED) is 0.460. The van der Waals surface area contributed by atoms with Crippen LogP contribution in [0, 0.1) is 5.92 Å². The number of hydrogen-bond donors (Lipinski definition) is 1. The second-order valence-electron chi connectivity index (χ2n) is 7.11. The van der Waals surface area contributed by atoms with Gasteiger partial charge in [0.25, 0.3) is 5.91 Å². The van der Waals surface area contributed by atoms with Gasteiger partial charge in [0.05, 0.1) is 5.56 Å². The highest BCUT2D eigenvalue weighted by Gasteiger charge is 2.24. The van der Waals surface area contributed by atoms with Gasteiger partial charge < -0.3 is 0 Å². The zero-order valence-corrected chi connectivity index (χ0v) is 18.6. The largest absolute Gasteiger partial charge is 0.298 e. The van der Waals surface area contributed by atoms with E-state index >= 15 is 0 Å². The summed E-state index contributed by atoms with van der Waals surface area (Å²) in [5, 5.41) is 6.83. The summed E-state index contributed by atoms with van der Waals surface area (Å²) in [5.41, 5.74) is 3.07. The molecule has 28 heavy (non-hydrogen) atoms. The maximum atomic E-state index is 12.8. The Hall–Kier alpha value is -1.40. The molecule has 4 rings (SSSR count). The number of halogens is 2. The first kappa shape index (κ1) is 19.9. The van der Waals surface area contributed by atoms with Crippen molar-refractivity contribution >= 4 is 56.9 Å². The topological polar surface area (TPSA) is 42.0 Å². The summed E-state index contributed by atoms with van der Waals surface area (Å²) in [6, 6.07) is 5.51. The van der Waals surface area contributed by atoms with Gasteiger partial charge in [-0.15, -0.1) is 22.7 Å². The molecule has 0 radical (unpaired) electrons. The first-order chi connectivity index (χ1) is 13.5. The van der Waals surface area contributed by atoms with E-state index in [1.165, 1.54) is 34.6 Å². The first-order valence-electron chi connectivity index (χ1n) is 9.32. The second kappa shape index (κ2) is 8.54. The molecule has 0 saturated carbocycles. The number of carbonyl (C=O) groups is 1. The molecule has 2 aromatic heterocycles. The highest BCUT2D eigenvalue weighted by Crippen LogP contribution is 2.34. The summed E-state index contributed by atoms with van der Waals surface area (Å²) in [6.07, 6.45) is 6.96. The van der Waals surface area contributed by atoms with Crippen molar-refractivity contribution in [1.29, 1.82) is 0 Å². The van der Waals surface area contributed by atoms with Gasteiger partial charge in [0.2, 0.25) is 0 Å². The molecule has 0 fully saturated rings. The average molecular weight is 451 g/mol. The molecule has 1 aromatic carbocycles. The highest BCUT2D eigenvalue weighted by atomic mass is 35.5. The number of hydrogen-bond acceptors (Lipinski definition) is 4. The van der Waals surface area contributed by atoms with Crippen LogP contribution >= 0.6 is 45.9 Å². The number of aromatic nitrogens is 1. The molecule has 0 spiro atoms. The van der Waals surface area contributed by atoms with Crippen LogP contribution in [0.15, 0.2) is 29.8 Å². The maximum absolute atomic E-state index is 12.8. The second-order valence-corrected chi connectivity index (χ2v) is 10.1. The fourth-order valence-corrected chi connectivity index (χ4v) is 6.25. The van der Waals surface area contributed by atoms with Crippen LogP contribution in [0.4, 0.5) is 5.13 Å². The molecular weight excluding hydrogens is 431 g/mol. The third kappa shape index (κ3) is 4.43. The molecule has 1 aliphatic rings. The van der Waals surface area contributed by atoms with E-state index in [1.807, 2.05) is 17.5 Å². The lowest BCUT2D eigenvalue weighted by atomic mass is 9.86. The molecule has 0 saturated heterocycles. The van der Waals surface area contributed by atoms with Crippen molar-refractivity contribution in [3.05, 3.63) is 66.3 Å². The van der Waals surface area contributed by atoms with Gasteiger partial charge in [-0.3, -0.25) is 10.1 Å². The van der Waals surface area contributed by atoms with Gasteiger partial charge in [-0.05, 0) is 54.5 Å². The van der Waals surface area contributed by atoms with E-state index in [9.17, 15) is 4.79 Å². The van der Waals surface area contributed by atoms with Crippen molar-refractivity contribution in [3.8, 4) is 0 Å². The van der Waals surface area contributed by atoms with E-state index in [0.29, 0.717) is 21.6 Å². The summed E-state index contributed by atoms with van der Waals surface area (Å²) in [7, 11) is 0. The maximum Gasteiger partial charge on any atom is 0.258 e. The van der Waals surface area contributed by atoms with Crippen molar-refractivity contribution in [3.63, 3.8) is 0 Å². The Kier molecular flexibility index (Phi) is 6.07. The van der Waals surface area contributed by atoms with Gasteiger partial charge in [0.1, 0.15) is 0 Å². The predicted molar refractivity (Wildman–Crippen MR) is 119 cm³/mol. The first-order valence-corrected chi connectivity index (χ1v) is 11.8. The van der Waals surface area contributed by atoms with Crippen LogP contribution in [0.1, 0.15) is 51.0 Å². The summed E-state index contributed by atoms with van der Waals surface area (Å²) >= 11 is 15.3. The fourth-order valence-electron chi connectivity index (χ4n) is 3.65. The molecule has 0 aliphatic heterocycles. The van der Waals surface area contributed by atoms with E-state index in [4.69, 9.17) is 23.2 Å². The van der Waals surface area contributed by atoms with Gasteiger partial charge in [0, 0.05) is 37.8 Å². The zero-order valence-electron chi connectivity index (χ0n) is 15.4. The van der Waals surface area contributed by atoms with Crippen LogP contribution in [-0.4, -0.2) is 10.9 Å². The van der Waals surface area contributed by atoms with Crippen molar-refractivity contribution in [1.82, 2.24) is 4.98 Å². The van der Waals surface area contributed by atoms with Gasteiger partial charge in [0.15, 0.2) is 5.13 Å². The van der Waals surface area contributed by atoms with Crippen molar-refractivity contribution in [2.75, 3.05) is 5.32 Å². The lowest BCUT2D eigenvalue weighted by Gasteiger charge is -2.21. The Morgan fingerprint density at radius 1 is 1.29 bits per heavy atom. The van der Waals surface area contributed by atoms with Crippen LogP contribution in [0.5, 0.6) is 0 Å². The molecule has 2 heterocycles. The molecule has 1 aliphatic carbocycles. The lowest BCUT2D eigenvalue weighted by Crippen LogP contribution is -2.17. The van der Waals surface area contributed by atoms with E-state index in [2.05, 4.69) is 17.2 Å². The number of benzene rings is 1. The Labute approximate surface area is 182 Å². The summed E-state index contributed by atoms with van der Waals surface area (Å²) in [6.45, 7) is 2.24. The summed E-state index contributed by atoms with van der Waals surface area (Å²) in [5.74, 6) is 0.697. The van der Waals surface area contributed by atoms with E-state index < -0.39 is 0 Å². The molecule has 0 bridgehead atoms. The van der Waals surface area contributed by atoms with Crippen LogP contribution in [-0.2, 0) is 19.3 Å². The third-order valence-electron chi connectivity index (χ3n) is 5.15. The number of nitrogens with zero attached hydrogens (tertiary/aromatic N) is 1. The monoisotopic (exact) mass is 450 g/mol. The molecule has 146 valence electrons. The Morgan fingerprint density at radius 2 is 2.07 bits per heavy atom. The average Bonchev–Trinajstić information content (AvgIpc) is 3.26. The molecule has 1 atom stereocenters. The smallest absolute Gasteiger partial charge is 0.258 e. The fraction of sp³-hybridized carbons (Fsp3) is 0.333. The highest BCUT2D eigenvalue weighted by molar-refractivity contribution is 7.15. The number of carbonyl (C=O) groups excluding carboxylic acids is 1. The third-order valence-corrected chi connectivity index (χ3v) is 7.55. The summed E-state index contributed by atoms with van der Waals surface area (Å²) < 4.78 is 0. The van der Waals surface area contributed by atoms with Crippen molar-refractivity contribution in [2.45, 2.75) is 39.0 Å².